The molecular weight excluding hydrogens is 278 g/mol. The smallest absolute Gasteiger partial charge is 0.243 e. The highest BCUT2D eigenvalue weighted by atomic mass is 32.2. The van der Waals surface area contributed by atoms with Gasteiger partial charge in [0.2, 0.25) is 10.0 Å². The minimum absolute atomic E-state index is 0.0137. The molecule has 1 aliphatic rings. The quantitative estimate of drug-likeness (QED) is 0.891. The van der Waals surface area contributed by atoms with Gasteiger partial charge in [-0.1, -0.05) is 12.1 Å². The first-order valence-corrected chi connectivity index (χ1v) is 8.33. The summed E-state index contributed by atoms with van der Waals surface area (Å²) in [7, 11) is -3.47. The maximum atomic E-state index is 12.5. The molecule has 1 saturated heterocycles. The van der Waals surface area contributed by atoms with Crippen LogP contribution in [-0.2, 0) is 21.4 Å². The number of rotatable bonds is 5. The van der Waals surface area contributed by atoms with Gasteiger partial charge in [0.1, 0.15) is 0 Å². The van der Waals surface area contributed by atoms with Gasteiger partial charge in [0.15, 0.2) is 0 Å². The lowest BCUT2D eigenvalue weighted by Gasteiger charge is -2.31. The zero-order chi connectivity index (χ0) is 14.6. The molecule has 1 heterocycles. The Bertz CT molecular complexity index is 525. The van der Waals surface area contributed by atoms with Gasteiger partial charge in [0, 0.05) is 19.7 Å². The number of hydrogen-bond acceptors (Lipinski definition) is 4. The topological polar surface area (TPSA) is 66.8 Å². The maximum absolute atomic E-state index is 12.5. The van der Waals surface area contributed by atoms with Gasteiger partial charge >= 0.3 is 0 Å². The highest BCUT2D eigenvalue weighted by Gasteiger charge is 2.30. The average molecular weight is 299 g/mol. The van der Waals surface area contributed by atoms with Crippen LogP contribution in [0.2, 0.25) is 0 Å². The van der Waals surface area contributed by atoms with Crippen molar-refractivity contribution >= 4 is 10.0 Å². The lowest BCUT2D eigenvalue weighted by Crippen LogP contribution is -2.43. The summed E-state index contributed by atoms with van der Waals surface area (Å²) in [4.78, 5) is 0.270. The summed E-state index contributed by atoms with van der Waals surface area (Å²) in [5, 5.41) is 9.00. The molecule has 5 nitrogen and oxygen atoms in total. The molecule has 20 heavy (non-hydrogen) atoms. The Morgan fingerprint density at radius 3 is 2.65 bits per heavy atom. The van der Waals surface area contributed by atoms with E-state index < -0.39 is 10.0 Å². The number of hydrogen-bond donors (Lipinski definition) is 1. The Hall–Kier alpha value is -0.950. The average Bonchev–Trinajstić information content (AvgIpc) is 2.48. The molecule has 0 aromatic heterocycles. The molecule has 1 aromatic carbocycles. The van der Waals surface area contributed by atoms with Gasteiger partial charge in [-0.25, -0.2) is 8.42 Å². The summed E-state index contributed by atoms with van der Waals surface area (Å²) in [5.41, 5.74) is 0.704. The van der Waals surface area contributed by atoms with Crippen LogP contribution in [0.15, 0.2) is 29.2 Å². The molecule has 6 heteroatoms. The molecule has 0 spiro atoms. The van der Waals surface area contributed by atoms with Gasteiger partial charge in [-0.05, 0) is 37.5 Å². The fraction of sp³-hybridized carbons (Fsp3) is 0.571. The van der Waals surface area contributed by atoms with Gasteiger partial charge in [-0.2, -0.15) is 4.31 Å². The maximum Gasteiger partial charge on any atom is 0.243 e. The van der Waals surface area contributed by atoms with Gasteiger partial charge in [-0.3, -0.25) is 0 Å². The van der Waals surface area contributed by atoms with Crippen LogP contribution in [0.5, 0.6) is 0 Å². The number of ether oxygens (including phenoxy) is 1. The van der Waals surface area contributed by atoms with Crippen LogP contribution >= 0.6 is 0 Å². The summed E-state index contributed by atoms with van der Waals surface area (Å²) < 4.78 is 32.1. The van der Waals surface area contributed by atoms with Crippen LogP contribution in [0.3, 0.4) is 0 Å². The molecule has 2 rings (SSSR count). The molecular formula is C14H21NO4S. The highest BCUT2D eigenvalue weighted by Crippen LogP contribution is 2.22. The van der Waals surface area contributed by atoms with Crippen LogP contribution < -0.4 is 0 Å². The van der Waals surface area contributed by atoms with Gasteiger partial charge in [0.05, 0.1) is 17.6 Å². The van der Waals surface area contributed by atoms with Crippen LogP contribution in [0.1, 0.15) is 25.3 Å². The molecule has 112 valence electrons. The number of aliphatic hydroxyl groups excluding tert-OH is 1. The number of sulfonamides is 1. The van der Waals surface area contributed by atoms with Crippen LogP contribution in [0.25, 0.3) is 0 Å². The second kappa shape index (κ2) is 6.67. The Kier molecular flexibility index (Phi) is 5.15. The van der Waals surface area contributed by atoms with Gasteiger partial charge < -0.3 is 9.84 Å². The molecule has 1 N–H and O–H groups in total. The normalized spacial score (nSPS) is 21.0. The Morgan fingerprint density at radius 1 is 1.35 bits per heavy atom. The monoisotopic (exact) mass is 299 g/mol. The lowest BCUT2D eigenvalue weighted by molar-refractivity contribution is 0.0265. The van der Waals surface area contributed by atoms with E-state index in [0.717, 1.165) is 12.8 Å². The molecule has 0 aliphatic carbocycles. The van der Waals surface area contributed by atoms with E-state index >= 15 is 0 Å². The molecule has 1 aliphatic heterocycles. The third-order valence-corrected chi connectivity index (χ3v) is 5.37. The summed E-state index contributed by atoms with van der Waals surface area (Å²) in [6, 6.07) is 6.37. The van der Waals surface area contributed by atoms with Crippen LogP contribution in [-0.4, -0.2) is 43.6 Å². The van der Waals surface area contributed by atoms with Gasteiger partial charge in [-0.15, -0.1) is 0 Å². The van der Waals surface area contributed by atoms with Crippen molar-refractivity contribution in [1.82, 2.24) is 4.31 Å². The second-order valence-electron chi connectivity index (χ2n) is 4.88. The fourth-order valence-corrected chi connectivity index (χ4v) is 3.92. The Balaban J connectivity index is 2.16. The van der Waals surface area contributed by atoms with Crippen molar-refractivity contribution in [3.63, 3.8) is 0 Å². The summed E-state index contributed by atoms with van der Waals surface area (Å²) in [6.07, 6.45) is 1.71. The number of piperidine rings is 1. The SMILES string of the molecule is CCOC1CCCN(S(=O)(=O)c2ccc(CO)cc2)C1. The Labute approximate surface area is 120 Å². The summed E-state index contributed by atoms with van der Waals surface area (Å²) >= 11 is 0. The number of benzene rings is 1. The van der Waals surface area contributed by atoms with Crippen molar-refractivity contribution in [2.75, 3.05) is 19.7 Å². The molecule has 0 bridgehead atoms. The predicted molar refractivity (Wildman–Crippen MR) is 75.8 cm³/mol. The van der Waals surface area contributed by atoms with E-state index in [-0.39, 0.29) is 17.6 Å². The van der Waals surface area contributed by atoms with Crippen molar-refractivity contribution in [1.29, 1.82) is 0 Å². The number of nitrogens with zero attached hydrogens (tertiary/aromatic N) is 1. The number of aliphatic hydroxyl groups is 1. The van der Waals surface area contributed by atoms with Crippen molar-refractivity contribution in [3.05, 3.63) is 29.8 Å². The molecule has 1 unspecified atom stereocenters. The van der Waals surface area contributed by atoms with E-state index in [1.54, 1.807) is 24.3 Å². The highest BCUT2D eigenvalue weighted by molar-refractivity contribution is 7.89. The van der Waals surface area contributed by atoms with E-state index in [0.29, 0.717) is 25.3 Å². The largest absolute Gasteiger partial charge is 0.392 e. The van der Waals surface area contributed by atoms with Crippen molar-refractivity contribution in [3.8, 4) is 0 Å². The molecule has 0 radical (unpaired) electrons. The van der Waals surface area contributed by atoms with Crippen LogP contribution in [0, 0.1) is 0 Å². The minimum atomic E-state index is -3.47. The summed E-state index contributed by atoms with van der Waals surface area (Å²) in [5.74, 6) is 0. The zero-order valence-corrected chi connectivity index (χ0v) is 12.5. The lowest BCUT2D eigenvalue weighted by atomic mass is 10.1. The molecule has 1 fully saturated rings. The van der Waals surface area contributed by atoms with Crippen molar-refractivity contribution in [2.45, 2.75) is 37.4 Å². The van der Waals surface area contributed by atoms with E-state index in [4.69, 9.17) is 9.84 Å². The Morgan fingerprint density at radius 2 is 2.05 bits per heavy atom. The van der Waals surface area contributed by atoms with E-state index in [1.807, 2.05) is 6.92 Å². The third kappa shape index (κ3) is 3.38. The van der Waals surface area contributed by atoms with E-state index in [2.05, 4.69) is 0 Å². The van der Waals surface area contributed by atoms with Crippen molar-refractivity contribution < 1.29 is 18.3 Å². The van der Waals surface area contributed by atoms with E-state index in [1.165, 1.54) is 4.31 Å². The second-order valence-corrected chi connectivity index (χ2v) is 6.82. The predicted octanol–water partition coefficient (Wildman–Crippen LogP) is 1.37. The molecule has 1 aromatic rings. The standard InChI is InChI=1S/C14H21NO4S/c1-2-19-13-4-3-9-15(10-13)20(17,18)14-7-5-12(11-16)6-8-14/h5-8,13,16H,2-4,9-11H2,1H3. The molecule has 0 amide bonds. The molecule has 1 atom stereocenters. The first-order chi connectivity index (χ1) is 9.57. The summed E-state index contributed by atoms with van der Waals surface area (Å²) in [6.45, 7) is 3.38. The first-order valence-electron chi connectivity index (χ1n) is 6.89. The van der Waals surface area contributed by atoms with Gasteiger partial charge in [0.25, 0.3) is 0 Å². The van der Waals surface area contributed by atoms with E-state index in [9.17, 15) is 8.42 Å². The molecule has 0 saturated carbocycles. The third-order valence-electron chi connectivity index (χ3n) is 3.49. The first kappa shape index (κ1) is 15.4. The fourth-order valence-electron chi connectivity index (χ4n) is 2.41. The van der Waals surface area contributed by atoms with Crippen LogP contribution in [0.4, 0.5) is 0 Å². The minimum Gasteiger partial charge on any atom is -0.392 e. The van der Waals surface area contributed by atoms with Crippen molar-refractivity contribution in [2.24, 2.45) is 0 Å². The zero-order valence-electron chi connectivity index (χ0n) is 11.7.